The Labute approximate surface area is 209 Å². The minimum atomic E-state index is -2.34. The molecule has 0 fully saturated rings. The van der Waals surface area contributed by atoms with E-state index in [-0.39, 0.29) is 39.1 Å². The number of furan rings is 1. The van der Waals surface area contributed by atoms with Crippen molar-refractivity contribution < 1.29 is 55.0 Å². The van der Waals surface area contributed by atoms with Gasteiger partial charge >= 0.3 is 11.9 Å². The number of benzene rings is 1. The third kappa shape index (κ3) is 5.58. The molecule has 0 bridgehead atoms. The number of hydrogen-bond acceptors (Lipinski definition) is 8. The van der Waals surface area contributed by atoms with Crippen molar-refractivity contribution in [2.75, 3.05) is 19.0 Å². The topological polar surface area (TPSA) is 104 Å². The van der Waals surface area contributed by atoms with Crippen LogP contribution in [0.25, 0.3) is 0 Å². The molecule has 8 nitrogen and oxygen atoms in total. The number of hydrogen-bond donors (Lipinski definition) is 1. The molecule has 0 aliphatic rings. The number of methoxy groups -OCH3 is 1. The van der Waals surface area contributed by atoms with Crippen molar-refractivity contribution in [1.29, 1.82) is 0 Å². The van der Waals surface area contributed by atoms with Crippen LogP contribution < -0.4 is 10.1 Å². The van der Waals surface area contributed by atoms with E-state index in [2.05, 4.69) is 5.32 Å². The zero-order valence-corrected chi connectivity index (χ0v) is 20.2. The van der Waals surface area contributed by atoms with Crippen molar-refractivity contribution in [3.63, 3.8) is 0 Å². The lowest BCUT2D eigenvalue weighted by Gasteiger charge is -2.09. The van der Waals surface area contributed by atoms with Gasteiger partial charge < -0.3 is 23.9 Å². The quantitative estimate of drug-likeness (QED) is 0.163. The van der Waals surface area contributed by atoms with Gasteiger partial charge in [0.05, 0.1) is 19.3 Å². The SMILES string of the molecule is CCCOC(=O)c1c(NC(=O)c2ccc(COc3c(F)c(F)c(F)c(F)c3F)o2)sc(C(=O)OC)c1C. The number of nitrogens with one attached hydrogen (secondary N) is 1. The maximum absolute atomic E-state index is 13.8. The number of ether oxygens (including phenoxy) is 3. The summed E-state index contributed by atoms with van der Waals surface area (Å²) in [5.74, 6) is -15.5. The van der Waals surface area contributed by atoms with E-state index in [1.54, 1.807) is 6.92 Å². The lowest BCUT2D eigenvalue weighted by molar-refractivity contribution is 0.0506. The molecule has 0 spiro atoms. The Morgan fingerprint density at radius 3 is 2.19 bits per heavy atom. The smallest absolute Gasteiger partial charge is 0.348 e. The van der Waals surface area contributed by atoms with Crippen molar-refractivity contribution in [2.24, 2.45) is 0 Å². The molecule has 3 rings (SSSR count). The lowest BCUT2D eigenvalue weighted by Crippen LogP contribution is -2.14. The number of rotatable bonds is 9. The summed E-state index contributed by atoms with van der Waals surface area (Å²) in [5, 5.41) is 2.40. The van der Waals surface area contributed by atoms with Crippen LogP contribution in [-0.2, 0) is 16.1 Å². The monoisotopic (exact) mass is 547 g/mol. The molecule has 2 heterocycles. The third-order valence-electron chi connectivity index (χ3n) is 4.80. The molecule has 0 unspecified atom stereocenters. The van der Waals surface area contributed by atoms with Gasteiger partial charge in [0.2, 0.25) is 29.1 Å². The van der Waals surface area contributed by atoms with Gasteiger partial charge in [0, 0.05) is 0 Å². The van der Waals surface area contributed by atoms with Crippen molar-refractivity contribution in [2.45, 2.75) is 26.9 Å². The predicted octanol–water partition coefficient (Wildman–Crippen LogP) is 5.53. The maximum atomic E-state index is 13.8. The van der Waals surface area contributed by atoms with Crippen molar-refractivity contribution >= 4 is 34.2 Å². The van der Waals surface area contributed by atoms with Crippen LogP contribution in [0.15, 0.2) is 16.5 Å². The first kappa shape index (κ1) is 27.6. The number of thiophene rings is 1. The zero-order chi connectivity index (χ0) is 27.4. The summed E-state index contributed by atoms with van der Waals surface area (Å²) in [6.45, 7) is 2.56. The first-order chi connectivity index (χ1) is 17.5. The summed E-state index contributed by atoms with van der Waals surface area (Å²) in [5.41, 5.74) is 0.165. The van der Waals surface area contributed by atoms with Crippen LogP contribution in [0, 0.1) is 36.0 Å². The van der Waals surface area contributed by atoms with Crippen LogP contribution in [0.1, 0.15) is 55.3 Å². The van der Waals surface area contributed by atoms with Gasteiger partial charge in [-0.05, 0) is 31.0 Å². The standard InChI is InChI=1S/C23H18F5NO7S/c1-4-7-34-22(31)12-9(2)19(23(32)33-3)37-21(12)29-20(30)11-6-5-10(36-11)8-35-18-16(27)14(25)13(24)15(26)17(18)28/h5-6H,4,7-8H2,1-3H3,(H,29,30). The second kappa shape index (κ2) is 11.4. The third-order valence-corrected chi connectivity index (χ3v) is 5.99. The Morgan fingerprint density at radius 1 is 0.973 bits per heavy atom. The van der Waals surface area contributed by atoms with Gasteiger partial charge in [-0.2, -0.15) is 8.78 Å². The number of esters is 2. The molecular weight excluding hydrogens is 529 g/mol. The largest absolute Gasteiger partial charge is 0.479 e. The summed E-state index contributed by atoms with van der Waals surface area (Å²) in [6.07, 6.45) is 0.530. The fraction of sp³-hybridized carbons (Fsp3) is 0.261. The first-order valence-electron chi connectivity index (χ1n) is 10.4. The predicted molar refractivity (Wildman–Crippen MR) is 118 cm³/mol. The highest BCUT2D eigenvalue weighted by molar-refractivity contribution is 7.18. The van der Waals surface area contributed by atoms with Crippen LogP contribution >= 0.6 is 11.3 Å². The summed E-state index contributed by atoms with van der Waals surface area (Å²) >= 11 is 0.766. The highest BCUT2D eigenvalue weighted by Crippen LogP contribution is 2.35. The minimum absolute atomic E-state index is 0.0281. The first-order valence-corrected chi connectivity index (χ1v) is 11.3. The van der Waals surface area contributed by atoms with Crippen LogP contribution in [0.4, 0.5) is 27.0 Å². The van der Waals surface area contributed by atoms with E-state index >= 15 is 0 Å². The summed E-state index contributed by atoms with van der Waals surface area (Å²) in [7, 11) is 1.15. The molecule has 0 aliphatic carbocycles. The molecule has 0 aliphatic heterocycles. The van der Waals surface area contributed by atoms with Gasteiger partial charge in [-0.25, -0.2) is 22.8 Å². The van der Waals surface area contributed by atoms with Gasteiger partial charge in [0.25, 0.3) is 5.91 Å². The number of amides is 1. The van der Waals surface area contributed by atoms with Gasteiger partial charge in [-0.1, -0.05) is 6.92 Å². The highest BCUT2D eigenvalue weighted by atomic mass is 32.1. The molecule has 0 radical (unpaired) electrons. The minimum Gasteiger partial charge on any atom is -0.479 e. The molecule has 1 aromatic carbocycles. The maximum Gasteiger partial charge on any atom is 0.348 e. The normalized spacial score (nSPS) is 10.8. The fourth-order valence-electron chi connectivity index (χ4n) is 3.00. The van der Waals surface area contributed by atoms with E-state index in [0.29, 0.717) is 6.42 Å². The number of anilines is 1. The van der Waals surface area contributed by atoms with Gasteiger partial charge in [0.1, 0.15) is 22.2 Å². The van der Waals surface area contributed by atoms with E-state index in [4.69, 9.17) is 18.6 Å². The fourth-order valence-corrected chi connectivity index (χ4v) is 4.11. The zero-order valence-electron chi connectivity index (χ0n) is 19.4. The summed E-state index contributed by atoms with van der Waals surface area (Å²) < 4.78 is 87.1. The van der Waals surface area contributed by atoms with Gasteiger partial charge in [-0.3, -0.25) is 4.79 Å². The summed E-state index contributed by atoms with van der Waals surface area (Å²) in [6, 6.07) is 2.31. The average molecular weight is 547 g/mol. The Balaban J connectivity index is 1.80. The van der Waals surface area contributed by atoms with Crippen molar-refractivity contribution in [1.82, 2.24) is 0 Å². The molecule has 2 aromatic heterocycles. The molecule has 1 N–H and O–H groups in total. The van der Waals surface area contributed by atoms with Gasteiger partial charge in [0.15, 0.2) is 11.5 Å². The van der Waals surface area contributed by atoms with E-state index < -0.39 is 59.3 Å². The molecule has 198 valence electrons. The Hall–Kier alpha value is -3.94. The van der Waals surface area contributed by atoms with Crippen LogP contribution in [0.2, 0.25) is 0 Å². The Kier molecular flexibility index (Phi) is 8.53. The van der Waals surface area contributed by atoms with Crippen molar-refractivity contribution in [3.05, 3.63) is 68.7 Å². The second-order valence-corrected chi connectivity index (χ2v) is 8.32. The number of halogens is 5. The Morgan fingerprint density at radius 2 is 1.59 bits per heavy atom. The highest BCUT2D eigenvalue weighted by Gasteiger charge is 2.29. The van der Waals surface area contributed by atoms with E-state index in [9.17, 15) is 36.3 Å². The molecule has 37 heavy (non-hydrogen) atoms. The molecule has 0 saturated heterocycles. The average Bonchev–Trinajstić information content (AvgIpc) is 3.48. The van der Waals surface area contributed by atoms with Gasteiger partial charge in [-0.15, -0.1) is 11.3 Å². The van der Waals surface area contributed by atoms with Crippen LogP contribution in [-0.4, -0.2) is 31.6 Å². The summed E-state index contributed by atoms with van der Waals surface area (Å²) in [4.78, 5) is 37.4. The Bertz CT molecular complexity index is 1340. The number of carbonyl (C=O) groups excluding carboxylic acids is 3. The molecule has 3 aromatic rings. The van der Waals surface area contributed by atoms with Crippen LogP contribution in [0.5, 0.6) is 5.75 Å². The molecule has 1 amide bonds. The van der Waals surface area contributed by atoms with E-state index in [0.717, 1.165) is 30.6 Å². The molecule has 0 saturated carbocycles. The lowest BCUT2D eigenvalue weighted by atomic mass is 10.1. The molecule has 14 heteroatoms. The van der Waals surface area contributed by atoms with Crippen LogP contribution in [0.3, 0.4) is 0 Å². The molecule has 0 atom stereocenters. The van der Waals surface area contributed by atoms with E-state index in [1.807, 2.05) is 0 Å². The second-order valence-electron chi connectivity index (χ2n) is 7.30. The van der Waals surface area contributed by atoms with Crippen molar-refractivity contribution in [3.8, 4) is 5.75 Å². The number of carbonyl (C=O) groups is 3. The van der Waals surface area contributed by atoms with E-state index in [1.165, 1.54) is 6.92 Å². The molecular formula is C23H18F5NO7S.